The van der Waals surface area contributed by atoms with Gasteiger partial charge in [0.05, 0.1) is 12.6 Å². The number of carbonyl (C=O) groups excluding carboxylic acids is 1. The predicted octanol–water partition coefficient (Wildman–Crippen LogP) is 6.74. The number of carbonyl (C=O) groups is 1. The van der Waals surface area contributed by atoms with Gasteiger partial charge in [-0.25, -0.2) is 4.39 Å². The van der Waals surface area contributed by atoms with Gasteiger partial charge in [0.25, 0.3) is 6.47 Å². The maximum Gasteiger partial charge on any atom is 0.294 e. The van der Waals surface area contributed by atoms with E-state index in [2.05, 4.69) is 32.2 Å². The van der Waals surface area contributed by atoms with Gasteiger partial charge in [-0.2, -0.15) is 0 Å². The Kier molecular flexibility index (Phi) is 5.82. The van der Waals surface area contributed by atoms with Gasteiger partial charge < -0.3 is 14.8 Å². The van der Waals surface area contributed by atoms with E-state index in [-0.39, 0.29) is 11.4 Å². The molecular formula is C26H26FNO3S. The lowest BCUT2D eigenvalue weighted by Gasteiger charge is -2.34. The van der Waals surface area contributed by atoms with Gasteiger partial charge in [-0.3, -0.25) is 4.79 Å². The Balaban J connectivity index is 2.06. The minimum absolute atomic E-state index is 0.218. The number of methoxy groups -OCH3 is 1. The first kappa shape index (κ1) is 22.1. The Morgan fingerprint density at radius 1 is 1.12 bits per heavy atom. The highest BCUT2D eigenvalue weighted by Gasteiger charge is 2.32. The lowest BCUT2D eigenvalue weighted by Crippen LogP contribution is -2.32. The zero-order valence-corrected chi connectivity index (χ0v) is 19.6. The van der Waals surface area contributed by atoms with Gasteiger partial charge in [0.2, 0.25) is 0 Å². The summed E-state index contributed by atoms with van der Waals surface area (Å²) < 4.78 is 25.2. The molecule has 4 rings (SSSR count). The second-order valence-corrected chi connectivity index (χ2v) is 9.55. The Labute approximate surface area is 191 Å². The van der Waals surface area contributed by atoms with Crippen molar-refractivity contribution in [3.63, 3.8) is 0 Å². The summed E-state index contributed by atoms with van der Waals surface area (Å²) in [6, 6.07) is 10.5. The van der Waals surface area contributed by atoms with Gasteiger partial charge in [0.15, 0.2) is 6.10 Å². The summed E-state index contributed by atoms with van der Waals surface area (Å²) in [4.78, 5) is 12.5. The molecule has 0 spiro atoms. The van der Waals surface area contributed by atoms with Crippen LogP contribution in [0.3, 0.4) is 0 Å². The molecule has 4 nitrogen and oxygen atoms in total. The summed E-state index contributed by atoms with van der Waals surface area (Å²) in [6.07, 6.45) is 1.56. The van der Waals surface area contributed by atoms with Gasteiger partial charge in [-0.1, -0.05) is 12.1 Å². The molecule has 1 aromatic heterocycles. The second kappa shape index (κ2) is 8.43. The van der Waals surface area contributed by atoms with Crippen molar-refractivity contribution >= 4 is 29.1 Å². The van der Waals surface area contributed by atoms with Crippen molar-refractivity contribution in [1.82, 2.24) is 0 Å². The molecule has 0 amide bonds. The van der Waals surface area contributed by atoms with Crippen LogP contribution in [0.4, 0.5) is 10.1 Å². The zero-order chi connectivity index (χ0) is 23.0. The van der Waals surface area contributed by atoms with Crippen molar-refractivity contribution in [1.29, 1.82) is 0 Å². The summed E-state index contributed by atoms with van der Waals surface area (Å²) in [5, 5.41) is 5.60. The molecule has 2 heterocycles. The van der Waals surface area contributed by atoms with Crippen LogP contribution in [0.2, 0.25) is 0 Å². The second-order valence-electron chi connectivity index (χ2n) is 8.61. The summed E-state index contributed by atoms with van der Waals surface area (Å²) in [5.74, 6) is 0.0447. The minimum Gasteiger partial charge on any atom is -0.496 e. The van der Waals surface area contributed by atoms with E-state index < -0.39 is 6.10 Å². The zero-order valence-electron chi connectivity index (χ0n) is 18.8. The number of nitrogens with one attached hydrogen (secondary N) is 1. The van der Waals surface area contributed by atoms with Gasteiger partial charge >= 0.3 is 0 Å². The molecule has 0 aliphatic carbocycles. The standard InChI is InChI=1S/C26H26FNO3S/c1-15-10-22(32-13-15)25(31-14-29)24-19(18-7-6-17(27)11-21(18)30-5)8-9-20-23(24)16(2)12-26(3,4)28-20/h6-14,25,28H,1-5H3. The molecule has 1 N–H and O–H groups in total. The van der Waals surface area contributed by atoms with Gasteiger partial charge in [-0.15, -0.1) is 11.3 Å². The average molecular weight is 452 g/mol. The van der Waals surface area contributed by atoms with Crippen LogP contribution in [0.25, 0.3) is 16.7 Å². The maximum atomic E-state index is 13.9. The van der Waals surface area contributed by atoms with Crippen LogP contribution in [-0.4, -0.2) is 19.1 Å². The first-order valence-electron chi connectivity index (χ1n) is 10.4. The Hall–Kier alpha value is -3.12. The molecule has 6 heteroatoms. The van der Waals surface area contributed by atoms with Gasteiger partial charge in [0.1, 0.15) is 11.6 Å². The number of ether oxygens (including phenoxy) is 2. The molecule has 32 heavy (non-hydrogen) atoms. The van der Waals surface area contributed by atoms with E-state index in [1.165, 1.54) is 19.2 Å². The van der Waals surface area contributed by atoms with E-state index in [0.29, 0.717) is 12.2 Å². The summed E-state index contributed by atoms with van der Waals surface area (Å²) in [5.41, 5.74) is 6.30. The highest BCUT2D eigenvalue weighted by atomic mass is 32.1. The maximum absolute atomic E-state index is 13.9. The molecule has 0 fully saturated rings. The van der Waals surface area contributed by atoms with Crippen LogP contribution in [0, 0.1) is 12.7 Å². The number of thiophene rings is 1. The molecule has 3 aromatic rings. The Morgan fingerprint density at radius 2 is 1.88 bits per heavy atom. The topological polar surface area (TPSA) is 47.6 Å². The normalized spacial score (nSPS) is 15.2. The fraction of sp³-hybridized carbons (Fsp3) is 0.269. The molecule has 0 radical (unpaired) electrons. The summed E-state index contributed by atoms with van der Waals surface area (Å²) in [7, 11) is 1.52. The fourth-order valence-corrected chi connectivity index (χ4v) is 5.40. The Morgan fingerprint density at radius 3 is 2.53 bits per heavy atom. The number of rotatable bonds is 6. The average Bonchev–Trinajstić information content (AvgIpc) is 3.16. The largest absolute Gasteiger partial charge is 0.496 e. The highest BCUT2D eigenvalue weighted by Crippen LogP contribution is 2.47. The van der Waals surface area contributed by atoms with E-state index >= 15 is 0 Å². The Bertz CT molecular complexity index is 1210. The number of aryl methyl sites for hydroxylation is 1. The number of benzene rings is 2. The molecule has 1 aliphatic heterocycles. The van der Waals surface area contributed by atoms with Crippen LogP contribution in [-0.2, 0) is 9.53 Å². The quantitative estimate of drug-likeness (QED) is 0.422. The highest BCUT2D eigenvalue weighted by molar-refractivity contribution is 7.10. The molecule has 2 aromatic carbocycles. The van der Waals surface area contributed by atoms with Crippen molar-refractivity contribution in [3.05, 3.63) is 75.2 Å². The van der Waals surface area contributed by atoms with Crippen LogP contribution in [0.1, 0.15) is 48.4 Å². The van der Waals surface area contributed by atoms with E-state index in [0.717, 1.165) is 44.0 Å². The molecular weight excluding hydrogens is 425 g/mol. The van der Waals surface area contributed by atoms with Crippen LogP contribution in [0.5, 0.6) is 5.75 Å². The third-order valence-electron chi connectivity index (χ3n) is 5.59. The molecule has 0 saturated heterocycles. The van der Waals surface area contributed by atoms with E-state index in [1.807, 2.05) is 30.5 Å². The third-order valence-corrected chi connectivity index (χ3v) is 6.68. The summed E-state index contributed by atoms with van der Waals surface area (Å²) >= 11 is 1.55. The van der Waals surface area contributed by atoms with E-state index in [9.17, 15) is 9.18 Å². The van der Waals surface area contributed by atoms with Crippen molar-refractivity contribution in [2.24, 2.45) is 0 Å². The molecule has 1 atom stereocenters. The number of allylic oxidation sites excluding steroid dienone is 1. The smallest absolute Gasteiger partial charge is 0.294 e. The fourth-order valence-electron chi connectivity index (χ4n) is 4.46. The lowest BCUT2D eigenvalue weighted by molar-refractivity contribution is -0.132. The number of hydrogen-bond acceptors (Lipinski definition) is 5. The lowest BCUT2D eigenvalue weighted by atomic mass is 9.82. The molecule has 1 unspecified atom stereocenters. The SMILES string of the molecule is COc1cc(F)ccc1-c1ccc2c(c1C(OC=O)c1cc(C)cs1)C(C)=CC(C)(C)N2. The molecule has 1 aliphatic rings. The number of fused-ring (bicyclic) bond motifs is 1. The number of halogens is 1. The van der Waals surface area contributed by atoms with Crippen molar-refractivity contribution in [3.8, 4) is 16.9 Å². The minimum atomic E-state index is -0.614. The monoisotopic (exact) mass is 451 g/mol. The van der Waals surface area contributed by atoms with E-state index in [1.54, 1.807) is 17.4 Å². The third kappa shape index (κ3) is 4.02. The first-order chi connectivity index (χ1) is 15.2. The van der Waals surface area contributed by atoms with Crippen LogP contribution in [0.15, 0.2) is 47.9 Å². The van der Waals surface area contributed by atoms with Gasteiger partial charge in [0, 0.05) is 33.3 Å². The van der Waals surface area contributed by atoms with Crippen LogP contribution >= 0.6 is 11.3 Å². The summed E-state index contributed by atoms with van der Waals surface area (Å²) in [6.45, 7) is 8.78. The predicted molar refractivity (Wildman–Crippen MR) is 128 cm³/mol. The molecule has 166 valence electrons. The van der Waals surface area contributed by atoms with Crippen LogP contribution < -0.4 is 10.1 Å². The molecule has 0 saturated carbocycles. The molecule has 0 bridgehead atoms. The number of hydrogen-bond donors (Lipinski definition) is 1. The van der Waals surface area contributed by atoms with Crippen molar-refractivity contribution < 1.29 is 18.7 Å². The first-order valence-corrected chi connectivity index (χ1v) is 11.2. The van der Waals surface area contributed by atoms with E-state index in [4.69, 9.17) is 9.47 Å². The number of anilines is 1. The van der Waals surface area contributed by atoms with Crippen molar-refractivity contribution in [2.75, 3.05) is 12.4 Å². The van der Waals surface area contributed by atoms with Crippen molar-refractivity contribution in [2.45, 2.75) is 39.3 Å². The van der Waals surface area contributed by atoms with Gasteiger partial charge in [-0.05, 0) is 74.0 Å².